The summed E-state index contributed by atoms with van der Waals surface area (Å²) in [4.78, 5) is 12.7. The number of methoxy groups -OCH3 is 1. The first-order valence-corrected chi connectivity index (χ1v) is 8.74. The van der Waals surface area contributed by atoms with Gasteiger partial charge in [-0.25, -0.2) is 0 Å². The number of carbonyl (C=O) groups excluding carboxylic acids is 1. The van der Waals surface area contributed by atoms with E-state index in [0.717, 1.165) is 28.4 Å². The molecule has 4 nitrogen and oxygen atoms in total. The standard InChI is InChI=1S/C22H24N2O2/c1-15(2)23-22(25)20-14-21(17-9-6-5-7-10-17)24(16(20)3)18-11-8-12-19(13-18)26-4/h5-15H,1-4H3,(H,23,25). The molecule has 3 rings (SSSR count). The minimum atomic E-state index is -0.0590. The Morgan fingerprint density at radius 2 is 1.77 bits per heavy atom. The maximum Gasteiger partial charge on any atom is 0.253 e. The predicted octanol–water partition coefficient (Wildman–Crippen LogP) is 4.60. The summed E-state index contributed by atoms with van der Waals surface area (Å²) >= 11 is 0. The Bertz CT molecular complexity index is 911. The number of rotatable bonds is 5. The highest BCUT2D eigenvalue weighted by Gasteiger charge is 2.20. The molecule has 4 heteroatoms. The van der Waals surface area contributed by atoms with Crippen molar-refractivity contribution < 1.29 is 9.53 Å². The fraction of sp³-hybridized carbons (Fsp3) is 0.227. The number of hydrogen-bond donors (Lipinski definition) is 1. The van der Waals surface area contributed by atoms with Gasteiger partial charge >= 0.3 is 0 Å². The van der Waals surface area contributed by atoms with Crippen LogP contribution in [0.3, 0.4) is 0 Å². The van der Waals surface area contributed by atoms with E-state index in [4.69, 9.17) is 4.74 Å². The molecular formula is C22H24N2O2. The third-order valence-corrected chi connectivity index (χ3v) is 4.29. The Morgan fingerprint density at radius 3 is 2.42 bits per heavy atom. The van der Waals surface area contributed by atoms with Crippen molar-refractivity contribution in [1.82, 2.24) is 9.88 Å². The SMILES string of the molecule is COc1cccc(-n2c(-c3ccccc3)cc(C(=O)NC(C)C)c2C)c1. The molecule has 0 aliphatic heterocycles. The van der Waals surface area contributed by atoms with Gasteiger partial charge in [-0.3, -0.25) is 4.79 Å². The third kappa shape index (κ3) is 3.49. The molecule has 0 fully saturated rings. The van der Waals surface area contributed by atoms with E-state index in [9.17, 15) is 4.79 Å². The lowest BCUT2D eigenvalue weighted by atomic mass is 10.1. The van der Waals surface area contributed by atoms with Crippen LogP contribution in [0.25, 0.3) is 16.9 Å². The van der Waals surface area contributed by atoms with Gasteiger partial charge in [-0.2, -0.15) is 0 Å². The lowest BCUT2D eigenvalue weighted by molar-refractivity contribution is 0.0942. The van der Waals surface area contributed by atoms with E-state index in [1.54, 1.807) is 7.11 Å². The predicted molar refractivity (Wildman–Crippen MR) is 105 cm³/mol. The van der Waals surface area contributed by atoms with E-state index in [0.29, 0.717) is 5.56 Å². The van der Waals surface area contributed by atoms with E-state index in [1.165, 1.54) is 0 Å². The molecule has 0 saturated carbocycles. The van der Waals surface area contributed by atoms with Gasteiger partial charge in [0, 0.05) is 23.5 Å². The third-order valence-electron chi connectivity index (χ3n) is 4.29. The molecule has 0 saturated heterocycles. The fourth-order valence-corrected chi connectivity index (χ4v) is 3.08. The van der Waals surface area contributed by atoms with Gasteiger partial charge in [0.2, 0.25) is 0 Å². The average Bonchev–Trinajstić information content (AvgIpc) is 2.99. The number of hydrogen-bond acceptors (Lipinski definition) is 2. The van der Waals surface area contributed by atoms with E-state index in [-0.39, 0.29) is 11.9 Å². The minimum Gasteiger partial charge on any atom is -0.497 e. The largest absolute Gasteiger partial charge is 0.497 e. The summed E-state index contributed by atoms with van der Waals surface area (Å²) in [5, 5.41) is 2.99. The van der Waals surface area contributed by atoms with Crippen molar-refractivity contribution in [2.24, 2.45) is 0 Å². The number of benzene rings is 2. The van der Waals surface area contributed by atoms with Crippen LogP contribution < -0.4 is 10.1 Å². The van der Waals surface area contributed by atoms with Crippen LogP contribution in [0.5, 0.6) is 5.75 Å². The highest BCUT2D eigenvalue weighted by molar-refractivity contribution is 5.97. The highest BCUT2D eigenvalue weighted by atomic mass is 16.5. The first-order valence-electron chi connectivity index (χ1n) is 8.74. The maximum absolute atomic E-state index is 12.7. The van der Waals surface area contributed by atoms with Crippen LogP contribution in [0.15, 0.2) is 60.7 Å². The van der Waals surface area contributed by atoms with Gasteiger partial charge in [0.05, 0.1) is 18.4 Å². The molecule has 3 aromatic rings. The molecule has 1 heterocycles. The van der Waals surface area contributed by atoms with E-state index in [2.05, 4.69) is 22.0 Å². The Balaban J connectivity index is 2.20. The van der Waals surface area contributed by atoms with Gasteiger partial charge in [0.25, 0.3) is 5.91 Å². The van der Waals surface area contributed by atoms with Crippen LogP contribution >= 0.6 is 0 Å². The summed E-state index contributed by atoms with van der Waals surface area (Å²) in [7, 11) is 1.65. The summed E-state index contributed by atoms with van der Waals surface area (Å²) < 4.78 is 7.48. The van der Waals surface area contributed by atoms with Crippen molar-refractivity contribution in [2.45, 2.75) is 26.8 Å². The maximum atomic E-state index is 12.7. The van der Waals surface area contributed by atoms with Crippen molar-refractivity contribution in [3.8, 4) is 22.7 Å². The molecule has 0 radical (unpaired) electrons. The molecule has 1 aromatic heterocycles. The van der Waals surface area contributed by atoms with Crippen molar-refractivity contribution in [1.29, 1.82) is 0 Å². The molecule has 0 aliphatic rings. The summed E-state index contributed by atoms with van der Waals surface area (Å²) in [5.41, 5.74) is 4.58. The molecule has 1 amide bonds. The Labute approximate surface area is 154 Å². The lowest BCUT2D eigenvalue weighted by Gasteiger charge is -2.14. The Morgan fingerprint density at radius 1 is 1.04 bits per heavy atom. The zero-order valence-electron chi connectivity index (χ0n) is 15.6. The Hall–Kier alpha value is -3.01. The van der Waals surface area contributed by atoms with E-state index >= 15 is 0 Å². The van der Waals surface area contributed by atoms with Gasteiger partial charge in [0.1, 0.15) is 5.75 Å². The van der Waals surface area contributed by atoms with Crippen LogP contribution in [0.2, 0.25) is 0 Å². The van der Waals surface area contributed by atoms with Gasteiger partial charge in [0.15, 0.2) is 0 Å². The highest BCUT2D eigenvalue weighted by Crippen LogP contribution is 2.30. The van der Waals surface area contributed by atoms with Crippen molar-refractivity contribution in [3.63, 3.8) is 0 Å². The van der Waals surface area contributed by atoms with Gasteiger partial charge in [-0.15, -0.1) is 0 Å². The average molecular weight is 348 g/mol. The molecule has 0 atom stereocenters. The zero-order valence-corrected chi connectivity index (χ0v) is 15.6. The molecule has 0 unspecified atom stereocenters. The quantitative estimate of drug-likeness (QED) is 0.732. The van der Waals surface area contributed by atoms with Gasteiger partial charge in [-0.05, 0) is 44.5 Å². The smallest absolute Gasteiger partial charge is 0.253 e. The van der Waals surface area contributed by atoms with Crippen LogP contribution in [0.4, 0.5) is 0 Å². The first kappa shape index (κ1) is 17.8. The molecule has 0 spiro atoms. The fourth-order valence-electron chi connectivity index (χ4n) is 3.08. The molecule has 26 heavy (non-hydrogen) atoms. The monoisotopic (exact) mass is 348 g/mol. The number of nitrogens with one attached hydrogen (secondary N) is 1. The number of ether oxygens (including phenoxy) is 1. The topological polar surface area (TPSA) is 43.3 Å². The van der Waals surface area contributed by atoms with Gasteiger partial charge < -0.3 is 14.6 Å². The zero-order chi connectivity index (χ0) is 18.7. The number of amides is 1. The Kier molecular flexibility index (Phi) is 5.12. The van der Waals surface area contributed by atoms with Crippen molar-refractivity contribution in [3.05, 3.63) is 71.9 Å². The van der Waals surface area contributed by atoms with Crippen LogP contribution in [0, 0.1) is 6.92 Å². The van der Waals surface area contributed by atoms with Gasteiger partial charge in [-0.1, -0.05) is 36.4 Å². The van der Waals surface area contributed by atoms with Crippen LogP contribution in [0.1, 0.15) is 29.9 Å². The summed E-state index contributed by atoms with van der Waals surface area (Å²) in [6.07, 6.45) is 0. The summed E-state index contributed by atoms with van der Waals surface area (Å²) in [5.74, 6) is 0.721. The van der Waals surface area contributed by atoms with E-state index in [1.807, 2.05) is 69.3 Å². The number of aromatic nitrogens is 1. The molecule has 0 aliphatic carbocycles. The van der Waals surface area contributed by atoms with E-state index < -0.39 is 0 Å². The second-order valence-corrected chi connectivity index (χ2v) is 6.56. The molecule has 0 bridgehead atoms. The van der Waals surface area contributed by atoms with Crippen molar-refractivity contribution in [2.75, 3.05) is 7.11 Å². The van der Waals surface area contributed by atoms with Crippen LogP contribution in [-0.4, -0.2) is 23.6 Å². The second kappa shape index (κ2) is 7.48. The number of nitrogens with zero attached hydrogens (tertiary/aromatic N) is 1. The number of carbonyl (C=O) groups is 1. The molecule has 1 N–H and O–H groups in total. The summed E-state index contributed by atoms with van der Waals surface area (Å²) in [6.45, 7) is 5.90. The van der Waals surface area contributed by atoms with Crippen molar-refractivity contribution >= 4 is 5.91 Å². The normalized spacial score (nSPS) is 10.8. The molecule has 2 aromatic carbocycles. The molecule has 134 valence electrons. The van der Waals surface area contributed by atoms with Crippen LogP contribution in [-0.2, 0) is 0 Å². The second-order valence-electron chi connectivity index (χ2n) is 6.56. The minimum absolute atomic E-state index is 0.0590. The molecular weight excluding hydrogens is 324 g/mol. The summed E-state index contributed by atoms with van der Waals surface area (Å²) in [6, 6.07) is 20.0. The lowest BCUT2D eigenvalue weighted by Crippen LogP contribution is -2.30. The first-order chi connectivity index (χ1) is 12.5.